The maximum absolute atomic E-state index is 7.44. The van der Waals surface area contributed by atoms with Gasteiger partial charge in [0.25, 0.3) is 0 Å². The Hall–Kier alpha value is 0.451. The van der Waals surface area contributed by atoms with Gasteiger partial charge < -0.3 is 19.0 Å². The molecule has 0 unspecified atom stereocenters. The van der Waals surface area contributed by atoms with Gasteiger partial charge in [0.2, 0.25) is 0 Å². The molecular formula is C31H70N2O3Si3. The molecule has 0 aromatic rings. The fourth-order valence-electron chi connectivity index (χ4n) is 4.50. The Morgan fingerprint density at radius 1 is 0.667 bits per heavy atom. The number of likely N-dealkylation sites (tertiary alicyclic amines) is 1. The Labute approximate surface area is 248 Å². The van der Waals surface area contributed by atoms with Crippen molar-refractivity contribution in [3.8, 4) is 0 Å². The van der Waals surface area contributed by atoms with E-state index in [0.29, 0.717) is 5.92 Å². The SMILES string of the molecule is C[C@H]1CN(CCCCCCN)[C@H](CO[Si](C)(C)C(C)(C)C)[C@@H](O[Si](C)(C)C(C)(C)C)[C@@H]1O[Si](C)(C)C(C)(C)C. The summed E-state index contributed by atoms with van der Waals surface area (Å²) in [6, 6.07) is 0.203. The average molecular weight is 603 g/mol. The molecule has 1 aliphatic rings. The maximum Gasteiger partial charge on any atom is 0.192 e. The summed E-state index contributed by atoms with van der Waals surface area (Å²) in [5.74, 6) is 0.405. The average Bonchev–Trinajstić information content (AvgIpc) is 2.73. The normalized spacial score (nSPS) is 24.8. The van der Waals surface area contributed by atoms with Crippen molar-refractivity contribution in [2.45, 2.75) is 168 Å². The lowest BCUT2D eigenvalue weighted by molar-refractivity contribution is -0.101. The second-order valence-electron chi connectivity index (χ2n) is 17.0. The van der Waals surface area contributed by atoms with E-state index in [4.69, 9.17) is 19.0 Å². The van der Waals surface area contributed by atoms with Gasteiger partial charge in [-0.3, -0.25) is 4.90 Å². The van der Waals surface area contributed by atoms with Crippen molar-refractivity contribution < 1.29 is 13.3 Å². The van der Waals surface area contributed by atoms with Gasteiger partial charge in [0, 0.05) is 6.54 Å². The van der Waals surface area contributed by atoms with Crippen LogP contribution in [-0.4, -0.2) is 74.3 Å². The summed E-state index contributed by atoms with van der Waals surface area (Å²) < 4.78 is 21.7. The van der Waals surface area contributed by atoms with Gasteiger partial charge in [-0.2, -0.15) is 0 Å². The smallest absolute Gasteiger partial charge is 0.192 e. The number of nitrogens with two attached hydrogens (primary N) is 1. The van der Waals surface area contributed by atoms with Crippen molar-refractivity contribution in [3.05, 3.63) is 0 Å². The van der Waals surface area contributed by atoms with Crippen LogP contribution in [0.15, 0.2) is 0 Å². The molecule has 1 aliphatic heterocycles. The first kappa shape index (κ1) is 37.5. The summed E-state index contributed by atoms with van der Waals surface area (Å²) >= 11 is 0. The fourth-order valence-corrected chi connectivity index (χ4v) is 8.25. The van der Waals surface area contributed by atoms with E-state index in [0.717, 1.165) is 32.7 Å². The van der Waals surface area contributed by atoms with E-state index in [-0.39, 0.29) is 33.4 Å². The summed E-state index contributed by atoms with van der Waals surface area (Å²) in [5, 5.41) is 0.462. The van der Waals surface area contributed by atoms with Crippen LogP contribution < -0.4 is 5.73 Å². The van der Waals surface area contributed by atoms with E-state index in [1.165, 1.54) is 19.3 Å². The highest BCUT2D eigenvalue weighted by molar-refractivity contribution is 6.75. The van der Waals surface area contributed by atoms with Crippen molar-refractivity contribution in [3.63, 3.8) is 0 Å². The van der Waals surface area contributed by atoms with Crippen LogP contribution in [0, 0.1) is 5.92 Å². The number of nitrogens with zero attached hydrogens (tertiary/aromatic N) is 1. The van der Waals surface area contributed by atoms with E-state index in [1.54, 1.807) is 0 Å². The third-order valence-electron chi connectivity index (χ3n) is 10.5. The Morgan fingerprint density at radius 3 is 1.54 bits per heavy atom. The standard InChI is InChI=1S/C31H70N2O3Si3/c1-25-23-33(22-20-18-17-19-21-32)26(24-34-37(11,12)29(2,3)4)28(36-39(15,16)31(8,9)10)27(25)35-38(13,14)30(5,6)7/h25-28H,17-24,32H2,1-16H3/t25-,26+,27+,28+/m0/s1. The van der Waals surface area contributed by atoms with Crippen LogP contribution in [0.3, 0.4) is 0 Å². The molecule has 39 heavy (non-hydrogen) atoms. The monoisotopic (exact) mass is 602 g/mol. The molecule has 5 nitrogen and oxygen atoms in total. The molecule has 0 saturated carbocycles. The van der Waals surface area contributed by atoms with Gasteiger partial charge in [-0.1, -0.05) is 82.1 Å². The molecular weight excluding hydrogens is 533 g/mol. The number of unbranched alkanes of at least 4 members (excludes halogenated alkanes) is 3. The Balaban J connectivity index is 3.52. The molecule has 0 bridgehead atoms. The number of hydrogen-bond donors (Lipinski definition) is 1. The Bertz CT molecular complexity index is 739. The van der Waals surface area contributed by atoms with E-state index in [1.807, 2.05) is 0 Å². The van der Waals surface area contributed by atoms with E-state index in [2.05, 4.69) is 113 Å². The van der Waals surface area contributed by atoms with Gasteiger partial charge in [-0.05, 0) is 86.2 Å². The third-order valence-corrected chi connectivity index (χ3v) is 24.0. The van der Waals surface area contributed by atoms with Gasteiger partial charge >= 0.3 is 0 Å². The summed E-state index contributed by atoms with van der Waals surface area (Å²) in [5.41, 5.74) is 5.77. The zero-order valence-electron chi connectivity index (χ0n) is 29.2. The molecule has 234 valence electrons. The van der Waals surface area contributed by atoms with Gasteiger partial charge in [-0.25, -0.2) is 0 Å². The maximum atomic E-state index is 7.44. The topological polar surface area (TPSA) is 57.0 Å². The molecule has 0 aromatic carbocycles. The molecule has 8 heteroatoms. The van der Waals surface area contributed by atoms with Crippen LogP contribution in [-0.2, 0) is 13.3 Å². The molecule has 2 N–H and O–H groups in total. The van der Waals surface area contributed by atoms with Crippen molar-refractivity contribution in [1.29, 1.82) is 0 Å². The van der Waals surface area contributed by atoms with Gasteiger partial charge in [0.05, 0.1) is 24.9 Å². The Kier molecular flexibility index (Phi) is 13.3. The summed E-state index contributed by atoms with van der Waals surface area (Å²) in [4.78, 5) is 2.71. The lowest BCUT2D eigenvalue weighted by atomic mass is 9.88. The molecule has 1 saturated heterocycles. The van der Waals surface area contributed by atoms with Crippen molar-refractivity contribution in [2.75, 3.05) is 26.2 Å². The fraction of sp³-hybridized carbons (Fsp3) is 1.00. The van der Waals surface area contributed by atoms with E-state index in [9.17, 15) is 0 Å². The second kappa shape index (κ2) is 13.8. The van der Waals surface area contributed by atoms with E-state index >= 15 is 0 Å². The molecule has 0 aromatic heterocycles. The lowest BCUT2D eigenvalue weighted by Crippen LogP contribution is -2.66. The Morgan fingerprint density at radius 2 is 1.10 bits per heavy atom. The van der Waals surface area contributed by atoms with Crippen molar-refractivity contribution >= 4 is 25.0 Å². The third kappa shape index (κ3) is 10.3. The highest BCUT2D eigenvalue weighted by Gasteiger charge is 2.52. The predicted octanol–water partition coefficient (Wildman–Crippen LogP) is 8.63. The van der Waals surface area contributed by atoms with E-state index < -0.39 is 25.0 Å². The van der Waals surface area contributed by atoms with Crippen LogP contribution in [0.2, 0.25) is 54.4 Å². The number of rotatable bonds is 13. The molecule has 0 aliphatic carbocycles. The lowest BCUT2D eigenvalue weighted by Gasteiger charge is -2.54. The molecule has 0 amide bonds. The number of piperidine rings is 1. The first-order valence-electron chi connectivity index (χ1n) is 15.8. The summed E-state index contributed by atoms with van der Waals surface area (Å²) in [6.07, 6.45) is 4.86. The zero-order chi connectivity index (χ0) is 30.7. The van der Waals surface area contributed by atoms with Gasteiger partial charge in [0.1, 0.15) is 0 Å². The molecule has 4 atom stereocenters. The minimum absolute atomic E-state index is 0.0116. The van der Waals surface area contributed by atoms with Gasteiger partial charge in [-0.15, -0.1) is 0 Å². The van der Waals surface area contributed by atoms with Crippen LogP contribution in [0.1, 0.15) is 94.9 Å². The van der Waals surface area contributed by atoms with Crippen LogP contribution in [0.25, 0.3) is 0 Å². The predicted molar refractivity (Wildman–Crippen MR) is 179 cm³/mol. The second-order valence-corrected chi connectivity index (χ2v) is 31.3. The minimum Gasteiger partial charge on any atom is -0.415 e. The first-order valence-corrected chi connectivity index (χ1v) is 24.5. The molecule has 1 heterocycles. The van der Waals surface area contributed by atoms with Crippen LogP contribution in [0.4, 0.5) is 0 Å². The molecule has 1 rings (SSSR count). The van der Waals surface area contributed by atoms with Gasteiger partial charge in [0.15, 0.2) is 25.0 Å². The van der Waals surface area contributed by atoms with Crippen LogP contribution in [0.5, 0.6) is 0 Å². The highest BCUT2D eigenvalue weighted by Crippen LogP contribution is 2.44. The first-order chi connectivity index (χ1) is 17.4. The molecule has 1 fully saturated rings. The van der Waals surface area contributed by atoms with Crippen molar-refractivity contribution in [2.24, 2.45) is 11.7 Å². The van der Waals surface area contributed by atoms with Crippen molar-refractivity contribution in [1.82, 2.24) is 4.90 Å². The molecule has 0 spiro atoms. The zero-order valence-corrected chi connectivity index (χ0v) is 32.2. The number of hydrogen-bond acceptors (Lipinski definition) is 5. The largest absolute Gasteiger partial charge is 0.415 e. The summed E-state index contributed by atoms with van der Waals surface area (Å²) in [7, 11) is -6.00. The minimum atomic E-state index is -2.07. The van der Waals surface area contributed by atoms with Crippen LogP contribution >= 0.6 is 0 Å². The summed E-state index contributed by atoms with van der Waals surface area (Å²) in [6.45, 7) is 41.5. The quantitative estimate of drug-likeness (QED) is 0.169. The molecule has 0 radical (unpaired) electrons. The highest BCUT2D eigenvalue weighted by atomic mass is 28.4.